The van der Waals surface area contributed by atoms with E-state index >= 15 is 0 Å². The number of imidazole rings is 1. The van der Waals surface area contributed by atoms with Gasteiger partial charge in [0.2, 0.25) is 5.91 Å². The van der Waals surface area contributed by atoms with Gasteiger partial charge in [-0.15, -0.1) is 0 Å². The van der Waals surface area contributed by atoms with Gasteiger partial charge in [0.1, 0.15) is 5.76 Å². The number of nitrogens with one attached hydrogen (secondary N) is 2. The molecule has 0 bridgehead atoms. The van der Waals surface area contributed by atoms with Crippen LogP contribution in [0.5, 0.6) is 0 Å². The van der Waals surface area contributed by atoms with Gasteiger partial charge in [0.15, 0.2) is 16.8 Å². The van der Waals surface area contributed by atoms with Crippen LogP contribution >= 0.6 is 11.8 Å². The Kier molecular flexibility index (Phi) is 4.10. The van der Waals surface area contributed by atoms with Crippen LogP contribution in [0.3, 0.4) is 0 Å². The molecule has 3 rings (SSSR count). The molecule has 1 amide bonds. The molecule has 8 heteroatoms. The minimum absolute atomic E-state index is 0.130. The number of benzene rings is 1. The fourth-order valence-electron chi connectivity index (χ4n) is 1.83. The van der Waals surface area contributed by atoms with Gasteiger partial charge in [-0.25, -0.2) is 13.8 Å². The molecule has 0 saturated heterocycles. The molecule has 0 spiro atoms. The highest BCUT2D eigenvalue weighted by atomic mass is 32.2. The van der Waals surface area contributed by atoms with E-state index < -0.39 is 11.6 Å². The summed E-state index contributed by atoms with van der Waals surface area (Å²) in [5.74, 6) is -1.30. The van der Waals surface area contributed by atoms with Crippen LogP contribution in [0.15, 0.2) is 40.1 Å². The summed E-state index contributed by atoms with van der Waals surface area (Å²) in [5, 5.41) is 3.12. The maximum atomic E-state index is 13.1. The van der Waals surface area contributed by atoms with E-state index in [-0.39, 0.29) is 11.7 Å². The second-order valence-electron chi connectivity index (χ2n) is 4.47. The monoisotopic (exact) mass is 323 g/mol. The predicted octanol–water partition coefficient (Wildman–Crippen LogP) is 2.84. The smallest absolute Gasteiger partial charge is 0.230 e. The average molecular weight is 323 g/mol. The van der Waals surface area contributed by atoms with Crippen LogP contribution in [0.4, 0.5) is 8.78 Å². The SMILES string of the molecule is O=C(CSc1nc2cc(F)c(F)cc2[nH]1)NCc1ccco1. The molecular weight excluding hydrogens is 312 g/mol. The number of furan rings is 1. The summed E-state index contributed by atoms with van der Waals surface area (Å²) in [6.45, 7) is 0.308. The van der Waals surface area contributed by atoms with Crippen LogP contribution in [-0.4, -0.2) is 21.6 Å². The number of fused-ring (bicyclic) bond motifs is 1. The number of amides is 1. The lowest BCUT2D eigenvalue weighted by Gasteiger charge is -2.01. The lowest BCUT2D eigenvalue weighted by molar-refractivity contribution is -0.118. The Bertz CT molecular complexity index is 763. The van der Waals surface area contributed by atoms with E-state index in [4.69, 9.17) is 4.42 Å². The number of aromatic amines is 1. The first-order chi connectivity index (χ1) is 10.6. The highest BCUT2D eigenvalue weighted by molar-refractivity contribution is 7.99. The predicted molar refractivity (Wildman–Crippen MR) is 77.3 cm³/mol. The van der Waals surface area contributed by atoms with Crippen LogP contribution in [0.1, 0.15) is 5.76 Å². The van der Waals surface area contributed by atoms with Crippen molar-refractivity contribution in [3.05, 3.63) is 47.9 Å². The van der Waals surface area contributed by atoms with Crippen molar-refractivity contribution < 1.29 is 18.0 Å². The number of rotatable bonds is 5. The molecule has 0 fully saturated rings. The Morgan fingerprint density at radius 3 is 2.95 bits per heavy atom. The molecule has 2 heterocycles. The highest BCUT2D eigenvalue weighted by Crippen LogP contribution is 2.21. The molecular formula is C14H11F2N3O2S. The van der Waals surface area contributed by atoms with E-state index in [0.717, 1.165) is 23.9 Å². The molecule has 2 aromatic heterocycles. The van der Waals surface area contributed by atoms with E-state index in [1.54, 1.807) is 12.1 Å². The van der Waals surface area contributed by atoms with Gasteiger partial charge >= 0.3 is 0 Å². The lowest BCUT2D eigenvalue weighted by atomic mass is 10.3. The number of thioether (sulfide) groups is 1. The highest BCUT2D eigenvalue weighted by Gasteiger charge is 2.10. The van der Waals surface area contributed by atoms with Gasteiger partial charge in [0.25, 0.3) is 0 Å². The first-order valence-corrected chi connectivity index (χ1v) is 7.37. The summed E-state index contributed by atoms with van der Waals surface area (Å²) in [5.41, 5.74) is 0.704. The van der Waals surface area contributed by atoms with E-state index in [2.05, 4.69) is 15.3 Å². The van der Waals surface area contributed by atoms with Crippen molar-refractivity contribution in [3.63, 3.8) is 0 Å². The first-order valence-electron chi connectivity index (χ1n) is 6.38. The van der Waals surface area contributed by atoms with Gasteiger partial charge < -0.3 is 14.7 Å². The minimum Gasteiger partial charge on any atom is -0.467 e. The van der Waals surface area contributed by atoms with Crippen molar-refractivity contribution in [3.8, 4) is 0 Å². The quantitative estimate of drug-likeness (QED) is 0.708. The summed E-state index contributed by atoms with van der Waals surface area (Å²) < 4.78 is 31.3. The molecule has 0 aliphatic heterocycles. The number of halogens is 2. The molecule has 0 aliphatic carbocycles. The van der Waals surface area contributed by atoms with Gasteiger partial charge in [-0.05, 0) is 12.1 Å². The summed E-state index contributed by atoms with van der Waals surface area (Å²) in [6.07, 6.45) is 1.53. The normalized spacial score (nSPS) is 11.0. The Morgan fingerprint density at radius 1 is 1.36 bits per heavy atom. The maximum Gasteiger partial charge on any atom is 0.230 e. The van der Waals surface area contributed by atoms with Crippen LogP contribution < -0.4 is 5.32 Å². The first kappa shape index (κ1) is 14.6. The Balaban J connectivity index is 1.58. The van der Waals surface area contributed by atoms with E-state index in [1.807, 2.05) is 0 Å². The number of hydrogen-bond donors (Lipinski definition) is 2. The summed E-state index contributed by atoms with van der Waals surface area (Å²) in [4.78, 5) is 18.6. The molecule has 2 N–H and O–H groups in total. The van der Waals surface area contributed by atoms with Gasteiger partial charge in [0, 0.05) is 12.1 Å². The number of carbonyl (C=O) groups excluding carboxylic acids is 1. The van der Waals surface area contributed by atoms with E-state index in [9.17, 15) is 13.6 Å². The van der Waals surface area contributed by atoms with Crippen molar-refractivity contribution in [2.75, 3.05) is 5.75 Å². The van der Waals surface area contributed by atoms with Crippen LogP contribution in [-0.2, 0) is 11.3 Å². The molecule has 3 aromatic rings. The summed E-state index contributed by atoms with van der Waals surface area (Å²) in [6, 6.07) is 5.56. The molecule has 0 atom stereocenters. The number of hydrogen-bond acceptors (Lipinski definition) is 4. The van der Waals surface area contributed by atoms with Gasteiger partial charge in [0.05, 0.1) is 29.6 Å². The molecule has 22 heavy (non-hydrogen) atoms. The van der Waals surface area contributed by atoms with Crippen LogP contribution in [0.25, 0.3) is 11.0 Å². The average Bonchev–Trinajstić information content (AvgIpc) is 3.13. The Labute approximate surface area is 128 Å². The third-order valence-corrected chi connectivity index (χ3v) is 3.76. The van der Waals surface area contributed by atoms with Crippen molar-refractivity contribution in [1.82, 2.24) is 15.3 Å². The Hall–Kier alpha value is -2.35. The van der Waals surface area contributed by atoms with Crippen molar-refractivity contribution in [1.29, 1.82) is 0 Å². The molecule has 1 aromatic carbocycles. The topological polar surface area (TPSA) is 70.9 Å². The molecule has 0 saturated carbocycles. The van der Waals surface area contributed by atoms with Crippen LogP contribution in [0.2, 0.25) is 0 Å². The Morgan fingerprint density at radius 2 is 2.18 bits per heavy atom. The van der Waals surface area contributed by atoms with Gasteiger partial charge in [-0.2, -0.15) is 0 Å². The maximum absolute atomic E-state index is 13.1. The zero-order valence-corrected chi connectivity index (χ0v) is 12.0. The molecule has 5 nitrogen and oxygen atoms in total. The molecule has 0 unspecified atom stereocenters. The van der Waals surface area contributed by atoms with E-state index in [1.165, 1.54) is 6.26 Å². The molecule has 0 aliphatic rings. The second-order valence-corrected chi connectivity index (χ2v) is 5.43. The summed E-state index contributed by atoms with van der Waals surface area (Å²) in [7, 11) is 0. The summed E-state index contributed by atoms with van der Waals surface area (Å²) >= 11 is 1.15. The third-order valence-electron chi connectivity index (χ3n) is 2.88. The standard InChI is InChI=1S/C14H11F2N3O2S/c15-9-4-11-12(5-10(9)16)19-14(18-11)22-7-13(20)17-6-8-2-1-3-21-8/h1-5H,6-7H2,(H,17,20)(H,18,19). The molecule has 0 radical (unpaired) electrons. The fraction of sp³-hybridized carbons (Fsp3) is 0.143. The fourth-order valence-corrected chi connectivity index (χ4v) is 2.55. The lowest BCUT2D eigenvalue weighted by Crippen LogP contribution is -2.24. The number of nitrogens with zero attached hydrogens (tertiary/aromatic N) is 1. The second kappa shape index (κ2) is 6.18. The van der Waals surface area contributed by atoms with Crippen molar-refractivity contribution >= 4 is 28.7 Å². The minimum atomic E-state index is -0.952. The van der Waals surface area contributed by atoms with Gasteiger partial charge in [-0.3, -0.25) is 4.79 Å². The number of carbonyl (C=O) groups is 1. The number of aromatic nitrogens is 2. The van der Waals surface area contributed by atoms with Crippen LogP contribution in [0, 0.1) is 11.6 Å². The number of H-pyrrole nitrogens is 1. The zero-order chi connectivity index (χ0) is 15.5. The largest absolute Gasteiger partial charge is 0.467 e. The molecule has 114 valence electrons. The van der Waals surface area contributed by atoms with Crippen molar-refractivity contribution in [2.24, 2.45) is 0 Å². The zero-order valence-electron chi connectivity index (χ0n) is 11.2. The third kappa shape index (κ3) is 3.28. The van der Waals surface area contributed by atoms with Gasteiger partial charge in [-0.1, -0.05) is 11.8 Å². The van der Waals surface area contributed by atoms with Crippen molar-refractivity contribution in [2.45, 2.75) is 11.7 Å². The van der Waals surface area contributed by atoms with E-state index in [0.29, 0.717) is 28.5 Å².